The van der Waals surface area contributed by atoms with Crippen LogP contribution < -0.4 is 16.0 Å². The molecule has 41 heavy (non-hydrogen) atoms. The summed E-state index contributed by atoms with van der Waals surface area (Å²) < 4.78 is 31.4. The molecule has 2 heterocycles. The summed E-state index contributed by atoms with van der Waals surface area (Å²) >= 11 is 12.2. The number of carbonyl (C=O) groups is 2. The predicted molar refractivity (Wildman–Crippen MR) is 155 cm³/mol. The lowest BCUT2D eigenvalue weighted by atomic mass is 9.62. The average molecular weight is 600 g/mol. The van der Waals surface area contributed by atoms with Crippen LogP contribution in [0.5, 0.6) is 0 Å². The van der Waals surface area contributed by atoms with Crippen molar-refractivity contribution in [1.29, 1.82) is 5.26 Å². The number of nitrogens with zero attached hydrogens (tertiary/aromatic N) is 2. The van der Waals surface area contributed by atoms with Crippen LogP contribution >= 0.6 is 23.2 Å². The van der Waals surface area contributed by atoms with Crippen LogP contribution in [-0.4, -0.2) is 28.9 Å². The predicted octanol–water partition coefficient (Wildman–Crippen LogP) is 6.59. The number of aromatic nitrogens is 1. The van der Waals surface area contributed by atoms with Crippen LogP contribution in [0.1, 0.15) is 51.2 Å². The molecule has 214 valence electrons. The highest BCUT2D eigenvalue weighted by Gasteiger charge is 2.61. The molecular formula is C30H29Cl2F2N5O2. The number of amides is 2. The highest BCUT2D eigenvalue weighted by molar-refractivity contribution is 6.31. The van der Waals surface area contributed by atoms with Crippen molar-refractivity contribution in [3.05, 3.63) is 87.5 Å². The molecule has 0 saturated carbocycles. The van der Waals surface area contributed by atoms with Gasteiger partial charge in [-0.2, -0.15) is 5.26 Å². The van der Waals surface area contributed by atoms with E-state index in [2.05, 4.69) is 27.0 Å². The Morgan fingerprint density at radius 1 is 1.12 bits per heavy atom. The van der Waals surface area contributed by atoms with Crippen LogP contribution in [0.4, 0.5) is 20.3 Å². The first-order chi connectivity index (χ1) is 19.3. The number of pyridine rings is 1. The highest BCUT2D eigenvalue weighted by atomic mass is 35.5. The van der Waals surface area contributed by atoms with E-state index in [-0.39, 0.29) is 32.5 Å². The Hall–Kier alpha value is -3.58. The van der Waals surface area contributed by atoms with Crippen LogP contribution in [0.15, 0.2) is 54.7 Å². The van der Waals surface area contributed by atoms with E-state index >= 15 is 8.78 Å². The Kier molecular flexibility index (Phi) is 8.69. The Balaban J connectivity index is 1.89. The van der Waals surface area contributed by atoms with Crippen molar-refractivity contribution in [2.24, 2.45) is 5.41 Å². The molecule has 2 amide bonds. The summed E-state index contributed by atoms with van der Waals surface area (Å²) in [6.45, 7) is 7.22. The summed E-state index contributed by atoms with van der Waals surface area (Å²) in [5.41, 5.74) is -1.81. The van der Waals surface area contributed by atoms with Gasteiger partial charge in [0.15, 0.2) is 0 Å². The standard InChI is InChI=1S/C30H29Cl2F2N5O2/c1-16(40)37-24-11-9-18(14-36-24)38-28(41)27-25(19-6-5-7-21(32)26(19)34)30(15-35,23(39-27)13-29(2,3)4)20-10-8-17(31)12-22(20)33/h5-12,14,23,25,27,39H,13H2,1-4H3,(H,38,41)(H,36,37,40). The Morgan fingerprint density at radius 2 is 1.85 bits per heavy atom. The fourth-order valence-electron chi connectivity index (χ4n) is 5.50. The molecule has 3 N–H and O–H groups in total. The second-order valence-corrected chi connectivity index (χ2v) is 12.1. The van der Waals surface area contributed by atoms with E-state index in [0.717, 1.165) is 6.07 Å². The van der Waals surface area contributed by atoms with E-state index in [1.165, 1.54) is 49.5 Å². The molecule has 4 unspecified atom stereocenters. The summed E-state index contributed by atoms with van der Waals surface area (Å²) in [6, 6.07) is 11.7. The zero-order valence-electron chi connectivity index (χ0n) is 22.9. The number of rotatable bonds is 6. The quantitative estimate of drug-likeness (QED) is 0.296. The zero-order valence-corrected chi connectivity index (χ0v) is 24.4. The van der Waals surface area contributed by atoms with Gasteiger partial charge in [-0.25, -0.2) is 13.8 Å². The van der Waals surface area contributed by atoms with Gasteiger partial charge in [0.1, 0.15) is 22.9 Å². The van der Waals surface area contributed by atoms with Crippen molar-refractivity contribution in [3.63, 3.8) is 0 Å². The third kappa shape index (κ3) is 6.20. The van der Waals surface area contributed by atoms with Gasteiger partial charge in [-0.05, 0) is 47.7 Å². The van der Waals surface area contributed by atoms with Crippen molar-refractivity contribution in [1.82, 2.24) is 10.3 Å². The molecule has 7 nitrogen and oxygen atoms in total. The molecule has 0 bridgehead atoms. The van der Waals surface area contributed by atoms with Gasteiger partial charge in [0.2, 0.25) is 11.8 Å². The maximum Gasteiger partial charge on any atom is 0.242 e. The van der Waals surface area contributed by atoms with Gasteiger partial charge < -0.3 is 16.0 Å². The van der Waals surface area contributed by atoms with Crippen LogP contribution in [0, 0.1) is 28.4 Å². The molecule has 0 radical (unpaired) electrons. The minimum atomic E-state index is -1.73. The Morgan fingerprint density at radius 3 is 2.44 bits per heavy atom. The minimum absolute atomic E-state index is 0.00316. The first-order valence-corrected chi connectivity index (χ1v) is 13.6. The maximum atomic E-state index is 15.7. The average Bonchev–Trinajstić information content (AvgIpc) is 3.19. The fraction of sp³-hybridized carbons (Fsp3) is 0.333. The second-order valence-electron chi connectivity index (χ2n) is 11.3. The molecule has 4 atom stereocenters. The molecule has 1 aliphatic heterocycles. The van der Waals surface area contributed by atoms with E-state index in [1.54, 1.807) is 6.07 Å². The topological polar surface area (TPSA) is 107 Å². The molecule has 11 heteroatoms. The van der Waals surface area contributed by atoms with Crippen LogP contribution in [-0.2, 0) is 15.0 Å². The molecule has 0 spiro atoms. The number of anilines is 2. The van der Waals surface area contributed by atoms with Gasteiger partial charge in [-0.1, -0.05) is 62.2 Å². The van der Waals surface area contributed by atoms with E-state index in [4.69, 9.17) is 23.2 Å². The van der Waals surface area contributed by atoms with Crippen molar-refractivity contribution in [2.45, 2.75) is 57.5 Å². The summed E-state index contributed by atoms with van der Waals surface area (Å²) in [5, 5.41) is 19.4. The largest absolute Gasteiger partial charge is 0.323 e. The lowest BCUT2D eigenvalue weighted by molar-refractivity contribution is -0.118. The normalized spacial score (nSPS) is 22.2. The van der Waals surface area contributed by atoms with Gasteiger partial charge >= 0.3 is 0 Å². The second kappa shape index (κ2) is 11.7. The summed E-state index contributed by atoms with van der Waals surface area (Å²) in [6.07, 6.45) is 1.70. The first kappa shape index (κ1) is 30.4. The smallest absolute Gasteiger partial charge is 0.242 e. The molecule has 1 saturated heterocycles. The third-order valence-corrected chi connectivity index (χ3v) is 7.59. The molecule has 0 aliphatic carbocycles. The Bertz CT molecular complexity index is 1520. The van der Waals surface area contributed by atoms with Crippen LogP contribution in [0.3, 0.4) is 0 Å². The molecule has 1 aliphatic rings. The van der Waals surface area contributed by atoms with Gasteiger partial charge in [0, 0.05) is 29.5 Å². The number of halogens is 4. The van der Waals surface area contributed by atoms with Crippen molar-refractivity contribution in [3.8, 4) is 6.07 Å². The lowest BCUT2D eigenvalue weighted by Crippen LogP contribution is -2.45. The molecule has 3 aromatic rings. The van der Waals surface area contributed by atoms with Crippen molar-refractivity contribution in [2.75, 3.05) is 10.6 Å². The number of nitriles is 1. The Labute approximate surface area is 247 Å². The number of nitrogens with one attached hydrogen (secondary N) is 3. The van der Waals surface area contributed by atoms with E-state index in [0.29, 0.717) is 17.9 Å². The monoisotopic (exact) mass is 599 g/mol. The van der Waals surface area contributed by atoms with Gasteiger partial charge in [-0.3, -0.25) is 9.59 Å². The summed E-state index contributed by atoms with van der Waals surface area (Å²) in [5.74, 6) is -3.34. The number of hydrogen-bond acceptors (Lipinski definition) is 5. The molecular weight excluding hydrogens is 571 g/mol. The fourth-order valence-corrected chi connectivity index (χ4v) is 5.84. The number of carbonyl (C=O) groups excluding carboxylic acids is 2. The van der Waals surface area contributed by atoms with E-state index in [1.807, 2.05) is 20.8 Å². The summed E-state index contributed by atoms with van der Waals surface area (Å²) in [4.78, 5) is 29.3. The zero-order chi connectivity index (χ0) is 30.1. The number of hydrogen-bond donors (Lipinski definition) is 3. The molecule has 1 fully saturated rings. The highest BCUT2D eigenvalue weighted by Crippen LogP contribution is 2.52. The summed E-state index contributed by atoms with van der Waals surface area (Å²) in [7, 11) is 0. The molecule has 2 aromatic carbocycles. The molecule has 4 rings (SSSR count). The maximum absolute atomic E-state index is 15.7. The van der Waals surface area contributed by atoms with Crippen molar-refractivity contribution >= 4 is 46.5 Å². The van der Waals surface area contributed by atoms with E-state index < -0.39 is 41.0 Å². The van der Waals surface area contributed by atoms with Gasteiger partial charge in [-0.15, -0.1) is 0 Å². The van der Waals surface area contributed by atoms with Crippen molar-refractivity contribution < 1.29 is 18.4 Å². The van der Waals surface area contributed by atoms with E-state index in [9.17, 15) is 14.9 Å². The van der Waals surface area contributed by atoms with Crippen LogP contribution in [0.25, 0.3) is 0 Å². The van der Waals surface area contributed by atoms with Crippen LogP contribution in [0.2, 0.25) is 10.0 Å². The van der Waals surface area contributed by atoms with Gasteiger partial charge in [0.05, 0.1) is 29.0 Å². The minimum Gasteiger partial charge on any atom is -0.323 e. The SMILES string of the molecule is CC(=O)Nc1ccc(NC(=O)C2NC(CC(C)(C)C)C(C#N)(c3ccc(Cl)cc3F)C2c2cccc(Cl)c2F)cn1. The lowest BCUT2D eigenvalue weighted by Gasteiger charge is -2.37. The number of benzene rings is 2. The third-order valence-electron chi connectivity index (χ3n) is 7.07. The van der Waals surface area contributed by atoms with Gasteiger partial charge in [0.25, 0.3) is 0 Å². The first-order valence-electron chi connectivity index (χ1n) is 12.9. The molecule has 1 aromatic heterocycles.